The van der Waals surface area contributed by atoms with Crippen molar-refractivity contribution in [3.05, 3.63) is 34.3 Å². The molecule has 0 amide bonds. The lowest BCUT2D eigenvalue weighted by molar-refractivity contribution is 0.187. The number of guanidine groups is 1. The summed E-state index contributed by atoms with van der Waals surface area (Å²) in [4.78, 5) is 3.73. The third kappa shape index (κ3) is 3.35. The lowest BCUT2D eigenvalue weighted by Crippen LogP contribution is -2.23. The van der Waals surface area contributed by atoms with Crippen molar-refractivity contribution < 1.29 is 5.11 Å². The first-order valence-electron chi connectivity index (χ1n) is 4.08. The van der Waals surface area contributed by atoms with Gasteiger partial charge >= 0.3 is 0 Å². The lowest BCUT2D eigenvalue weighted by atomic mass is 10.1. The van der Waals surface area contributed by atoms with Crippen LogP contribution in [0.15, 0.2) is 33.7 Å². The van der Waals surface area contributed by atoms with E-state index in [9.17, 15) is 5.11 Å². The van der Waals surface area contributed by atoms with Crippen LogP contribution in [0.4, 0.5) is 0 Å². The molecule has 0 spiro atoms. The summed E-state index contributed by atoms with van der Waals surface area (Å²) in [5, 5.41) is 9.63. The molecule has 5 N–H and O–H groups in total. The molecule has 0 heterocycles. The number of nitrogens with zero attached hydrogens (tertiary/aromatic N) is 1. The van der Waals surface area contributed by atoms with Gasteiger partial charge in [-0.15, -0.1) is 0 Å². The highest BCUT2D eigenvalue weighted by atomic mass is 79.9. The average molecular weight is 258 g/mol. The number of hydrogen-bond acceptors (Lipinski definition) is 2. The SMILES string of the molecule is NC(N)=NC[C@H](O)c1ccc(Br)cc1. The summed E-state index contributed by atoms with van der Waals surface area (Å²) in [6.45, 7) is 0.184. The minimum atomic E-state index is -0.662. The molecule has 4 nitrogen and oxygen atoms in total. The van der Waals surface area contributed by atoms with Crippen LogP contribution in [0.2, 0.25) is 0 Å². The minimum Gasteiger partial charge on any atom is -0.386 e. The Hall–Kier alpha value is -1.07. The first kappa shape index (κ1) is 11.0. The average Bonchev–Trinajstić information content (AvgIpc) is 2.15. The van der Waals surface area contributed by atoms with Crippen molar-refractivity contribution in [2.45, 2.75) is 6.10 Å². The van der Waals surface area contributed by atoms with Crippen LogP contribution in [-0.2, 0) is 0 Å². The number of aliphatic imine (C=N–C) groups is 1. The Morgan fingerprint density at radius 2 is 1.93 bits per heavy atom. The summed E-state index contributed by atoms with van der Waals surface area (Å²) >= 11 is 3.31. The topological polar surface area (TPSA) is 84.6 Å². The fourth-order valence-corrected chi connectivity index (χ4v) is 1.25. The van der Waals surface area contributed by atoms with Crippen molar-refractivity contribution in [3.8, 4) is 0 Å². The third-order valence-corrected chi connectivity index (χ3v) is 2.23. The van der Waals surface area contributed by atoms with Crippen LogP contribution in [0.25, 0.3) is 0 Å². The van der Waals surface area contributed by atoms with Gasteiger partial charge in [0.2, 0.25) is 0 Å². The van der Waals surface area contributed by atoms with E-state index in [1.807, 2.05) is 24.3 Å². The van der Waals surface area contributed by atoms with Crippen molar-refractivity contribution in [2.24, 2.45) is 16.5 Å². The molecule has 0 aliphatic rings. The second kappa shape index (κ2) is 4.97. The van der Waals surface area contributed by atoms with Crippen LogP contribution in [-0.4, -0.2) is 17.6 Å². The van der Waals surface area contributed by atoms with E-state index in [1.54, 1.807) is 0 Å². The standard InChI is InChI=1S/C9H12BrN3O/c10-7-3-1-6(2-4-7)8(14)5-13-9(11)12/h1-4,8,14H,5H2,(H4,11,12,13)/t8-/m0/s1. The highest BCUT2D eigenvalue weighted by Crippen LogP contribution is 2.16. The molecule has 14 heavy (non-hydrogen) atoms. The molecular formula is C9H12BrN3O. The van der Waals surface area contributed by atoms with Gasteiger partial charge < -0.3 is 16.6 Å². The molecule has 1 atom stereocenters. The monoisotopic (exact) mass is 257 g/mol. The van der Waals surface area contributed by atoms with Gasteiger partial charge in [0.15, 0.2) is 5.96 Å². The second-order valence-electron chi connectivity index (χ2n) is 2.83. The molecule has 5 heteroatoms. The van der Waals surface area contributed by atoms with E-state index in [1.165, 1.54) is 0 Å². The molecule has 0 aliphatic heterocycles. The Morgan fingerprint density at radius 1 is 1.36 bits per heavy atom. The van der Waals surface area contributed by atoms with Gasteiger partial charge in [0.1, 0.15) is 0 Å². The van der Waals surface area contributed by atoms with Crippen molar-refractivity contribution in [3.63, 3.8) is 0 Å². The van der Waals surface area contributed by atoms with E-state index in [2.05, 4.69) is 20.9 Å². The summed E-state index contributed by atoms with van der Waals surface area (Å²) in [6, 6.07) is 7.34. The maximum atomic E-state index is 9.63. The highest BCUT2D eigenvalue weighted by Gasteiger charge is 2.05. The van der Waals surface area contributed by atoms with Crippen LogP contribution in [0.5, 0.6) is 0 Å². The Kier molecular flexibility index (Phi) is 3.91. The molecule has 0 radical (unpaired) electrons. The molecule has 1 aromatic rings. The van der Waals surface area contributed by atoms with Crippen LogP contribution in [0.3, 0.4) is 0 Å². The van der Waals surface area contributed by atoms with Gasteiger partial charge in [-0.25, -0.2) is 0 Å². The van der Waals surface area contributed by atoms with Crippen LogP contribution >= 0.6 is 15.9 Å². The van der Waals surface area contributed by atoms with Gasteiger partial charge in [0, 0.05) is 4.47 Å². The molecule has 1 aromatic carbocycles. The van der Waals surface area contributed by atoms with E-state index in [4.69, 9.17) is 11.5 Å². The Balaban J connectivity index is 2.65. The van der Waals surface area contributed by atoms with E-state index in [0.29, 0.717) is 0 Å². The van der Waals surface area contributed by atoms with E-state index < -0.39 is 6.10 Å². The number of hydrogen-bond donors (Lipinski definition) is 3. The molecule has 0 saturated heterocycles. The second-order valence-corrected chi connectivity index (χ2v) is 3.75. The van der Waals surface area contributed by atoms with E-state index in [-0.39, 0.29) is 12.5 Å². The molecule has 1 rings (SSSR count). The fourth-order valence-electron chi connectivity index (χ4n) is 0.982. The Morgan fingerprint density at radius 3 is 2.43 bits per heavy atom. The van der Waals surface area contributed by atoms with Gasteiger partial charge in [-0.05, 0) is 17.7 Å². The highest BCUT2D eigenvalue weighted by molar-refractivity contribution is 9.10. The summed E-state index contributed by atoms with van der Waals surface area (Å²) in [5.74, 6) is -0.0128. The number of nitrogens with two attached hydrogens (primary N) is 2. The quantitative estimate of drug-likeness (QED) is 0.552. The first-order chi connectivity index (χ1) is 6.59. The van der Waals surface area contributed by atoms with Gasteiger partial charge in [0.05, 0.1) is 12.6 Å². The predicted octanol–water partition coefficient (Wildman–Crippen LogP) is 0.756. The molecule has 0 unspecified atom stereocenters. The molecular weight excluding hydrogens is 246 g/mol. The summed E-state index contributed by atoms with van der Waals surface area (Å²) in [5.41, 5.74) is 11.1. The van der Waals surface area contributed by atoms with Gasteiger partial charge in [0.25, 0.3) is 0 Å². The van der Waals surface area contributed by atoms with Crippen molar-refractivity contribution in [1.29, 1.82) is 0 Å². The smallest absolute Gasteiger partial charge is 0.186 e. The number of halogens is 1. The molecule has 0 bridgehead atoms. The number of benzene rings is 1. The summed E-state index contributed by atoms with van der Waals surface area (Å²) < 4.78 is 0.968. The normalized spacial score (nSPS) is 12.1. The third-order valence-electron chi connectivity index (χ3n) is 1.70. The fraction of sp³-hybridized carbons (Fsp3) is 0.222. The molecule has 0 aliphatic carbocycles. The molecule has 0 aromatic heterocycles. The largest absolute Gasteiger partial charge is 0.386 e. The first-order valence-corrected chi connectivity index (χ1v) is 4.88. The number of aliphatic hydroxyl groups is 1. The maximum Gasteiger partial charge on any atom is 0.186 e. The van der Waals surface area contributed by atoms with Crippen LogP contribution in [0, 0.1) is 0 Å². The number of rotatable bonds is 3. The number of aliphatic hydroxyl groups excluding tert-OH is 1. The Bertz CT molecular complexity index is 319. The van der Waals surface area contributed by atoms with Gasteiger partial charge in [-0.2, -0.15) is 0 Å². The zero-order valence-corrected chi connectivity index (χ0v) is 9.11. The van der Waals surface area contributed by atoms with E-state index >= 15 is 0 Å². The summed E-state index contributed by atoms with van der Waals surface area (Å²) in [7, 11) is 0. The molecule has 0 fully saturated rings. The zero-order valence-electron chi connectivity index (χ0n) is 7.52. The van der Waals surface area contributed by atoms with Crippen molar-refractivity contribution in [2.75, 3.05) is 6.54 Å². The molecule has 0 saturated carbocycles. The van der Waals surface area contributed by atoms with Crippen molar-refractivity contribution in [1.82, 2.24) is 0 Å². The van der Waals surface area contributed by atoms with Crippen LogP contribution in [0.1, 0.15) is 11.7 Å². The van der Waals surface area contributed by atoms with Crippen LogP contribution < -0.4 is 11.5 Å². The van der Waals surface area contributed by atoms with E-state index in [0.717, 1.165) is 10.0 Å². The predicted molar refractivity (Wildman–Crippen MR) is 59.8 cm³/mol. The Labute approximate surface area is 90.8 Å². The van der Waals surface area contributed by atoms with Gasteiger partial charge in [-0.3, -0.25) is 4.99 Å². The maximum absolute atomic E-state index is 9.63. The van der Waals surface area contributed by atoms with Crippen molar-refractivity contribution >= 4 is 21.9 Å². The molecule has 76 valence electrons. The van der Waals surface area contributed by atoms with Gasteiger partial charge in [-0.1, -0.05) is 28.1 Å². The zero-order chi connectivity index (χ0) is 10.6. The summed E-state index contributed by atoms with van der Waals surface area (Å²) in [6.07, 6.45) is -0.662. The lowest BCUT2D eigenvalue weighted by Gasteiger charge is -2.07. The minimum absolute atomic E-state index is 0.0128.